The summed E-state index contributed by atoms with van der Waals surface area (Å²) in [4.78, 5) is 27.0. The predicted molar refractivity (Wildman–Crippen MR) is 110 cm³/mol. The second kappa shape index (κ2) is 5.19. The maximum absolute atomic E-state index is 14.1. The van der Waals surface area contributed by atoms with Crippen molar-refractivity contribution in [2.45, 2.75) is 72.1 Å². The first-order chi connectivity index (χ1) is 14.2. The summed E-state index contributed by atoms with van der Waals surface area (Å²) in [6.45, 7) is 11.4. The van der Waals surface area contributed by atoms with Crippen LogP contribution in [0.3, 0.4) is 0 Å². The van der Waals surface area contributed by atoms with Crippen LogP contribution in [0, 0.1) is 51.2 Å². The van der Waals surface area contributed by atoms with Gasteiger partial charge in [-0.1, -0.05) is 33.8 Å². The van der Waals surface area contributed by atoms with Gasteiger partial charge in [0.1, 0.15) is 11.9 Å². The van der Waals surface area contributed by atoms with Crippen LogP contribution in [0.2, 0.25) is 0 Å². The normalized spacial score (nSPS) is 55.0. The molecule has 170 valence electrons. The highest BCUT2D eigenvalue weighted by Crippen LogP contribution is 2.86. The number of hydrogen-bond donors (Lipinski definition) is 2. The highest BCUT2D eigenvalue weighted by Gasteiger charge is 2.93. The summed E-state index contributed by atoms with van der Waals surface area (Å²) in [7, 11) is 0. The smallest absolute Gasteiger partial charge is 0.211 e. The maximum atomic E-state index is 14.1. The van der Waals surface area contributed by atoms with Crippen LogP contribution in [-0.4, -0.2) is 46.1 Å². The summed E-state index contributed by atoms with van der Waals surface area (Å²) < 4.78 is 12.7. The molecule has 0 aromatic carbocycles. The Morgan fingerprint density at radius 2 is 1.84 bits per heavy atom. The number of hydrogen-bond acceptors (Lipinski definition) is 6. The highest BCUT2D eigenvalue weighted by atomic mass is 16.8. The summed E-state index contributed by atoms with van der Waals surface area (Å²) in [6, 6.07) is 0. The second-order valence-electron chi connectivity index (χ2n) is 12.8. The average Bonchev–Trinajstić information content (AvgIpc) is 2.63. The van der Waals surface area contributed by atoms with Crippen molar-refractivity contribution in [2.75, 3.05) is 6.61 Å². The molecular formula is C25H34O6. The Labute approximate surface area is 183 Å². The fraction of sp³-hybridized carbons (Fsp3) is 0.840. The van der Waals surface area contributed by atoms with Crippen molar-refractivity contribution in [1.29, 1.82) is 0 Å². The molecule has 4 saturated carbocycles. The zero-order chi connectivity index (χ0) is 22.6. The fourth-order valence-corrected chi connectivity index (χ4v) is 9.63. The van der Waals surface area contributed by atoms with Gasteiger partial charge < -0.3 is 19.7 Å². The lowest BCUT2D eigenvalue weighted by molar-refractivity contribution is -0.503. The quantitative estimate of drug-likeness (QED) is 0.654. The van der Waals surface area contributed by atoms with Crippen LogP contribution in [0.4, 0.5) is 0 Å². The summed E-state index contributed by atoms with van der Waals surface area (Å²) in [5.41, 5.74) is -2.46. The molecule has 6 heteroatoms. The molecule has 7 aliphatic rings. The van der Waals surface area contributed by atoms with Crippen molar-refractivity contribution >= 4 is 11.6 Å². The first-order valence-corrected chi connectivity index (χ1v) is 11.7. The topological polar surface area (TPSA) is 93.1 Å². The number of carbonyl (C=O) groups is 2. The van der Waals surface area contributed by atoms with Crippen LogP contribution >= 0.6 is 0 Å². The van der Waals surface area contributed by atoms with Crippen molar-refractivity contribution in [1.82, 2.24) is 0 Å². The van der Waals surface area contributed by atoms with Crippen LogP contribution in [0.5, 0.6) is 0 Å². The van der Waals surface area contributed by atoms with E-state index in [-0.39, 0.29) is 41.3 Å². The van der Waals surface area contributed by atoms with Gasteiger partial charge in [-0.15, -0.1) is 0 Å². The molecular weight excluding hydrogens is 396 g/mol. The van der Waals surface area contributed by atoms with Crippen LogP contribution in [-0.2, 0) is 19.1 Å². The second-order valence-corrected chi connectivity index (χ2v) is 12.8. The van der Waals surface area contributed by atoms with E-state index in [4.69, 9.17) is 9.47 Å². The Balaban J connectivity index is 1.62. The molecule has 0 amide bonds. The molecule has 7 rings (SSSR count). The molecule has 9 atom stereocenters. The zero-order valence-corrected chi connectivity index (χ0v) is 19.3. The van der Waals surface area contributed by atoms with Gasteiger partial charge in [-0.3, -0.25) is 9.59 Å². The van der Waals surface area contributed by atoms with Gasteiger partial charge in [-0.05, 0) is 55.9 Å². The van der Waals surface area contributed by atoms with E-state index in [1.165, 1.54) is 13.8 Å². The Morgan fingerprint density at radius 1 is 1.16 bits per heavy atom. The molecule has 2 heterocycles. The van der Waals surface area contributed by atoms with Crippen LogP contribution < -0.4 is 0 Å². The van der Waals surface area contributed by atoms with Crippen molar-refractivity contribution in [2.24, 2.45) is 51.2 Å². The van der Waals surface area contributed by atoms with E-state index in [0.717, 1.165) is 12.8 Å². The SMILES string of the molecule is CC(C)(O)O[C@@]12OC[C@]3(C=CC(=O)C(C)(C)[C@H]3[C@@H]1O)[C@@H]1CC[C@@H]3[C@H]4C(C(=O)[C@]412)C3(C)C. The van der Waals surface area contributed by atoms with Gasteiger partial charge in [0, 0.05) is 22.7 Å². The number of allylic oxidation sites excluding steroid dienone is 1. The molecule has 0 aromatic heterocycles. The lowest BCUT2D eigenvalue weighted by atomic mass is 9.20. The van der Waals surface area contributed by atoms with E-state index in [1.54, 1.807) is 6.08 Å². The Morgan fingerprint density at radius 3 is 2.48 bits per heavy atom. The van der Waals surface area contributed by atoms with E-state index >= 15 is 0 Å². The van der Waals surface area contributed by atoms with Crippen molar-refractivity contribution in [3.8, 4) is 0 Å². The molecule has 5 aliphatic carbocycles. The van der Waals surface area contributed by atoms with Crippen molar-refractivity contribution in [3.05, 3.63) is 12.2 Å². The Bertz CT molecular complexity index is 942. The standard InChI is InChI=1S/C25H34O6/c1-20(2)12-7-8-13-23-10-9-14(26)21(3,4)17(23)19(28)25(30-11-23,31-22(5,6)29)24(13)15(12)16(20)18(24)27/h9-10,12-13,15-17,19,28-29H,7-8,11H2,1-6H3/t12-,13+,15+,16?,17-,19+,23-,24-,25+/m1/s1. The Kier molecular flexibility index (Phi) is 3.43. The molecule has 1 unspecified atom stereocenters. The van der Waals surface area contributed by atoms with E-state index in [0.29, 0.717) is 5.92 Å². The van der Waals surface area contributed by atoms with Gasteiger partial charge in [-0.2, -0.15) is 0 Å². The van der Waals surface area contributed by atoms with Gasteiger partial charge in [0.2, 0.25) is 5.79 Å². The van der Waals surface area contributed by atoms with Crippen LogP contribution in [0.1, 0.15) is 54.4 Å². The van der Waals surface area contributed by atoms with Gasteiger partial charge >= 0.3 is 0 Å². The third kappa shape index (κ3) is 1.80. The largest absolute Gasteiger partial charge is 0.387 e. The zero-order valence-electron chi connectivity index (χ0n) is 19.3. The van der Waals surface area contributed by atoms with Crippen LogP contribution in [0.25, 0.3) is 0 Å². The predicted octanol–water partition coefficient (Wildman–Crippen LogP) is 2.47. The molecule has 0 radical (unpaired) electrons. The molecule has 2 bridgehead atoms. The highest BCUT2D eigenvalue weighted by molar-refractivity contribution is 6.00. The molecule has 2 spiro atoms. The van der Waals surface area contributed by atoms with Gasteiger partial charge in [-0.25, -0.2) is 0 Å². The third-order valence-corrected chi connectivity index (χ3v) is 10.5. The van der Waals surface area contributed by atoms with Crippen molar-refractivity contribution < 1.29 is 29.3 Å². The van der Waals surface area contributed by atoms with Crippen LogP contribution in [0.15, 0.2) is 12.2 Å². The number of aliphatic hydroxyl groups excluding tert-OH is 1. The minimum absolute atomic E-state index is 0.0292. The first kappa shape index (κ1) is 20.5. The van der Waals surface area contributed by atoms with E-state index in [1.807, 2.05) is 19.9 Å². The number of carbonyl (C=O) groups excluding carboxylic acids is 2. The van der Waals surface area contributed by atoms with E-state index in [2.05, 4.69) is 13.8 Å². The molecule has 2 saturated heterocycles. The Hall–Kier alpha value is -1.08. The van der Waals surface area contributed by atoms with Gasteiger partial charge in [0.05, 0.1) is 12.0 Å². The number of ether oxygens (including phenoxy) is 2. The molecule has 0 aromatic rings. The number of Topliss-reactive ketones (excluding diaryl/α,β-unsaturated/α-hetero) is 1. The lowest BCUT2D eigenvalue weighted by Crippen LogP contribution is -2.93. The minimum Gasteiger partial charge on any atom is -0.387 e. The third-order valence-electron chi connectivity index (χ3n) is 10.5. The molecule has 2 N–H and O–H groups in total. The molecule has 6 nitrogen and oxygen atoms in total. The summed E-state index contributed by atoms with van der Waals surface area (Å²) in [5, 5.41) is 22.7. The number of fused-ring (bicyclic) bond motifs is 1. The molecule has 6 fully saturated rings. The maximum Gasteiger partial charge on any atom is 0.211 e. The average molecular weight is 431 g/mol. The van der Waals surface area contributed by atoms with Gasteiger partial charge in [0.15, 0.2) is 11.6 Å². The molecule has 2 aliphatic heterocycles. The van der Waals surface area contributed by atoms with Gasteiger partial charge in [0.25, 0.3) is 0 Å². The summed E-state index contributed by atoms with van der Waals surface area (Å²) in [5.74, 6) is -3.29. The summed E-state index contributed by atoms with van der Waals surface area (Å²) in [6.07, 6.45) is 4.26. The monoisotopic (exact) mass is 430 g/mol. The number of ketones is 2. The van der Waals surface area contributed by atoms with Crippen molar-refractivity contribution in [3.63, 3.8) is 0 Å². The number of rotatable bonds is 2. The summed E-state index contributed by atoms with van der Waals surface area (Å²) >= 11 is 0. The van der Waals surface area contributed by atoms with E-state index in [9.17, 15) is 19.8 Å². The fourth-order valence-electron chi connectivity index (χ4n) is 9.63. The number of aliphatic hydroxyl groups is 2. The van der Waals surface area contributed by atoms with E-state index < -0.39 is 39.8 Å². The first-order valence-electron chi connectivity index (χ1n) is 11.7. The molecule has 31 heavy (non-hydrogen) atoms. The minimum atomic E-state index is -1.64. The lowest BCUT2D eigenvalue weighted by Gasteiger charge is -2.85.